The summed E-state index contributed by atoms with van der Waals surface area (Å²) in [6, 6.07) is 8.55. The molecule has 0 aliphatic carbocycles. The number of aryl methyl sites for hydroxylation is 1. The van der Waals surface area contributed by atoms with Crippen LogP contribution >= 0.6 is 0 Å². The summed E-state index contributed by atoms with van der Waals surface area (Å²) >= 11 is 0. The van der Waals surface area contributed by atoms with Gasteiger partial charge in [-0.25, -0.2) is 27.7 Å². The Labute approximate surface area is 169 Å². The predicted molar refractivity (Wildman–Crippen MR) is 108 cm³/mol. The summed E-state index contributed by atoms with van der Waals surface area (Å²) in [6.07, 6.45) is 1.54. The molecular formula is C18H15FN6O4S. The first-order chi connectivity index (χ1) is 14.2. The molecule has 0 atom stereocenters. The lowest BCUT2D eigenvalue weighted by Crippen LogP contribution is -2.12. The number of oxazole rings is 1. The van der Waals surface area contributed by atoms with Crippen LogP contribution in [-0.4, -0.2) is 23.4 Å². The Morgan fingerprint density at radius 1 is 1.17 bits per heavy atom. The van der Waals surface area contributed by atoms with Crippen molar-refractivity contribution in [2.24, 2.45) is 5.14 Å². The minimum Gasteiger partial charge on any atom is -0.405 e. The zero-order chi connectivity index (χ0) is 21.5. The molecule has 0 aliphatic heterocycles. The Hall–Kier alpha value is -3.77. The zero-order valence-electron chi connectivity index (χ0n) is 15.4. The number of H-pyrrole nitrogens is 1. The number of benzene rings is 2. The first-order valence-corrected chi connectivity index (χ1v) is 10.1. The van der Waals surface area contributed by atoms with Gasteiger partial charge >= 0.3 is 5.76 Å². The van der Waals surface area contributed by atoms with Gasteiger partial charge in [-0.1, -0.05) is 6.07 Å². The van der Waals surface area contributed by atoms with E-state index in [0.717, 1.165) is 0 Å². The van der Waals surface area contributed by atoms with Gasteiger partial charge in [-0.3, -0.25) is 4.98 Å². The van der Waals surface area contributed by atoms with E-state index >= 15 is 0 Å². The molecule has 0 aliphatic rings. The smallest absolute Gasteiger partial charge is 0.405 e. The van der Waals surface area contributed by atoms with Crippen molar-refractivity contribution in [1.29, 1.82) is 0 Å². The van der Waals surface area contributed by atoms with Crippen LogP contribution in [0.3, 0.4) is 0 Å². The molecule has 0 bridgehead atoms. The van der Waals surface area contributed by atoms with Crippen molar-refractivity contribution in [3.63, 3.8) is 0 Å². The number of nitrogens with zero attached hydrogens (tertiary/aromatic N) is 2. The van der Waals surface area contributed by atoms with Gasteiger partial charge in [-0.2, -0.15) is 4.98 Å². The average molecular weight is 430 g/mol. The van der Waals surface area contributed by atoms with E-state index in [4.69, 9.17) is 9.56 Å². The quantitative estimate of drug-likeness (QED) is 0.376. The summed E-state index contributed by atoms with van der Waals surface area (Å²) < 4.78 is 41.9. The van der Waals surface area contributed by atoms with Gasteiger partial charge in [0.2, 0.25) is 16.0 Å². The van der Waals surface area contributed by atoms with Crippen molar-refractivity contribution < 1.29 is 17.2 Å². The maximum atomic E-state index is 14.2. The number of sulfonamides is 1. The second-order valence-electron chi connectivity index (χ2n) is 6.40. The number of anilines is 4. The Bertz CT molecular complexity index is 1430. The number of aromatic nitrogens is 3. The van der Waals surface area contributed by atoms with Crippen LogP contribution in [0.4, 0.5) is 27.5 Å². The molecule has 0 saturated heterocycles. The summed E-state index contributed by atoms with van der Waals surface area (Å²) in [4.78, 5) is 22.1. The van der Waals surface area contributed by atoms with Crippen LogP contribution in [0.2, 0.25) is 0 Å². The van der Waals surface area contributed by atoms with Crippen molar-refractivity contribution >= 4 is 44.3 Å². The minimum absolute atomic E-state index is 0.0594. The number of aromatic amines is 1. The molecule has 5 N–H and O–H groups in total. The number of halogens is 1. The number of nitrogens with two attached hydrogens (primary N) is 1. The average Bonchev–Trinajstić information content (AvgIpc) is 3.05. The molecule has 4 rings (SSSR count). The lowest BCUT2D eigenvalue weighted by atomic mass is 10.2. The van der Waals surface area contributed by atoms with E-state index in [1.165, 1.54) is 36.5 Å². The predicted octanol–water partition coefficient (Wildman–Crippen LogP) is 2.49. The Morgan fingerprint density at radius 3 is 2.73 bits per heavy atom. The molecule has 0 unspecified atom stereocenters. The Morgan fingerprint density at radius 2 is 1.97 bits per heavy atom. The molecule has 0 fully saturated rings. The monoisotopic (exact) mass is 430 g/mol. The molecule has 0 spiro atoms. The Kier molecular flexibility index (Phi) is 4.72. The van der Waals surface area contributed by atoms with Crippen LogP contribution < -0.4 is 21.5 Å². The molecular weight excluding hydrogens is 415 g/mol. The van der Waals surface area contributed by atoms with Crippen LogP contribution in [0, 0.1) is 12.7 Å². The molecule has 4 aromatic rings. The maximum absolute atomic E-state index is 14.2. The van der Waals surface area contributed by atoms with Crippen LogP contribution in [0.5, 0.6) is 0 Å². The van der Waals surface area contributed by atoms with E-state index in [1.54, 1.807) is 13.0 Å². The van der Waals surface area contributed by atoms with E-state index in [2.05, 4.69) is 25.6 Å². The van der Waals surface area contributed by atoms with E-state index < -0.39 is 21.6 Å². The summed E-state index contributed by atoms with van der Waals surface area (Å²) in [5.74, 6) is -0.918. The molecule has 30 heavy (non-hydrogen) atoms. The topological polar surface area (TPSA) is 156 Å². The number of hydrogen-bond donors (Lipinski definition) is 4. The highest BCUT2D eigenvalue weighted by Gasteiger charge is 2.12. The van der Waals surface area contributed by atoms with Crippen molar-refractivity contribution in [2.45, 2.75) is 11.8 Å². The molecule has 2 aromatic carbocycles. The maximum Gasteiger partial charge on any atom is 0.417 e. The summed E-state index contributed by atoms with van der Waals surface area (Å²) in [6.45, 7) is 1.75. The van der Waals surface area contributed by atoms with E-state index in [0.29, 0.717) is 22.8 Å². The third-order valence-electron chi connectivity index (χ3n) is 4.13. The van der Waals surface area contributed by atoms with Gasteiger partial charge in [0.1, 0.15) is 5.82 Å². The fraction of sp³-hybridized carbons (Fsp3) is 0.0556. The number of nitrogens with one attached hydrogen (secondary N) is 3. The molecule has 10 nitrogen and oxygen atoms in total. The normalized spacial score (nSPS) is 11.6. The second kappa shape index (κ2) is 7.24. The Balaban J connectivity index is 1.63. The number of primary sulfonamides is 1. The van der Waals surface area contributed by atoms with Gasteiger partial charge < -0.3 is 15.1 Å². The summed E-state index contributed by atoms with van der Waals surface area (Å²) in [7, 11) is -3.86. The summed E-state index contributed by atoms with van der Waals surface area (Å²) in [5.41, 5.74) is 1.45. The van der Waals surface area contributed by atoms with Crippen molar-refractivity contribution in [3.8, 4) is 0 Å². The van der Waals surface area contributed by atoms with Gasteiger partial charge in [0.05, 0.1) is 10.4 Å². The summed E-state index contributed by atoms with van der Waals surface area (Å²) in [5, 5.41) is 11.0. The molecule has 0 radical (unpaired) electrons. The highest BCUT2D eigenvalue weighted by Crippen LogP contribution is 2.25. The molecule has 2 aromatic heterocycles. The van der Waals surface area contributed by atoms with E-state index in [-0.39, 0.29) is 21.9 Å². The van der Waals surface area contributed by atoms with Crippen LogP contribution in [-0.2, 0) is 10.0 Å². The molecule has 2 heterocycles. The lowest BCUT2D eigenvalue weighted by molar-refractivity contribution is 0.523. The van der Waals surface area contributed by atoms with Crippen molar-refractivity contribution in [3.05, 3.63) is 64.5 Å². The van der Waals surface area contributed by atoms with E-state index in [1.807, 2.05) is 0 Å². The van der Waals surface area contributed by atoms with Crippen molar-refractivity contribution in [2.75, 3.05) is 10.6 Å². The van der Waals surface area contributed by atoms with Crippen LogP contribution in [0.15, 0.2) is 56.7 Å². The first kappa shape index (κ1) is 19.5. The number of rotatable bonds is 5. The van der Waals surface area contributed by atoms with E-state index in [9.17, 15) is 17.6 Å². The van der Waals surface area contributed by atoms with Gasteiger partial charge in [0.25, 0.3) is 0 Å². The zero-order valence-corrected chi connectivity index (χ0v) is 16.2. The molecule has 154 valence electrons. The fourth-order valence-corrected chi connectivity index (χ4v) is 3.30. The third-order valence-corrected chi connectivity index (χ3v) is 5.04. The molecule has 12 heteroatoms. The van der Waals surface area contributed by atoms with Crippen LogP contribution in [0.25, 0.3) is 11.1 Å². The second-order valence-corrected chi connectivity index (χ2v) is 7.96. The first-order valence-electron chi connectivity index (χ1n) is 8.52. The lowest BCUT2D eigenvalue weighted by Gasteiger charge is -2.11. The standard InChI is InChI=1S/C18H15FN6O4S/c1-9-8-21-17(23-10-3-2-4-12(5-10)30(20,27)28)25-16(9)22-11-6-13(19)15-14(7-11)24-18(26)29-15/h2-8H,1H3,(H,24,26)(H2,20,27,28)(H2,21,22,23,25). The fourth-order valence-electron chi connectivity index (χ4n) is 2.74. The largest absolute Gasteiger partial charge is 0.417 e. The molecule has 0 amide bonds. The van der Waals surface area contributed by atoms with Gasteiger partial charge in [0, 0.05) is 29.2 Å². The molecule has 0 saturated carbocycles. The van der Waals surface area contributed by atoms with Gasteiger partial charge in [0.15, 0.2) is 11.4 Å². The number of hydrogen-bond acceptors (Lipinski definition) is 8. The highest BCUT2D eigenvalue weighted by molar-refractivity contribution is 7.89. The highest BCUT2D eigenvalue weighted by atomic mass is 32.2. The third kappa shape index (κ3) is 3.99. The van der Waals surface area contributed by atoms with Gasteiger partial charge in [-0.05, 0) is 31.2 Å². The van der Waals surface area contributed by atoms with Gasteiger partial charge in [-0.15, -0.1) is 0 Å². The number of fused-ring (bicyclic) bond motifs is 1. The minimum atomic E-state index is -3.86. The van der Waals surface area contributed by atoms with Crippen LogP contribution in [0.1, 0.15) is 5.56 Å². The SMILES string of the molecule is Cc1cnc(Nc2cccc(S(N)(=O)=O)c2)nc1Nc1cc(F)c2oc(=O)[nH]c2c1. The van der Waals surface area contributed by atoms with Crippen molar-refractivity contribution in [1.82, 2.24) is 15.0 Å².